The fraction of sp³-hybridized carbons (Fsp3) is 0.667. The molecule has 0 saturated carbocycles. The molecule has 1 N–H and O–H groups in total. The van der Waals surface area contributed by atoms with Crippen molar-refractivity contribution >= 4 is 19.8 Å². The first kappa shape index (κ1) is 8.26. The highest BCUT2D eigenvalue weighted by atomic mass is 33.1. The van der Waals surface area contributed by atoms with Gasteiger partial charge in [0.05, 0.1) is 0 Å². The van der Waals surface area contributed by atoms with E-state index in [0.29, 0.717) is 5.75 Å². The topological polar surface area (TPSA) is 46.2 Å². The summed E-state index contributed by atoms with van der Waals surface area (Å²) in [4.78, 5) is 0. The molecule has 0 heterocycles. The summed E-state index contributed by atoms with van der Waals surface area (Å²) in [6.07, 6.45) is 0. The fourth-order valence-electron chi connectivity index (χ4n) is 0.197. The predicted octanol–water partition coefficient (Wildman–Crippen LogP) is 0.365. The molecule has 0 rings (SSSR count). The minimum Gasteiger partial charge on any atom is -0.205 e. The lowest BCUT2D eigenvalue weighted by Gasteiger charge is -1.94. The Balaban J connectivity index is 3.76. The molecule has 0 aromatic rings. The van der Waals surface area contributed by atoms with Gasteiger partial charge in [0, 0.05) is 12.8 Å². The second-order valence-electron chi connectivity index (χ2n) is 1.00. The zero-order chi connectivity index (χ0) is 6.62. The summed E-state index contributed by atoms with van der Waals surface area (Å²) in [6.45, 7) is 1.76. The maximum Gasteiger partial charge on any atom is 0.264 e. The van der Waals surface area contributed by atoms with Gasteiger partial charge in [-0.3, -0.25) is 0 Å². The van der Waals surface area contributed by atoms with Crippen LogP contribution in [0.2, 0.25) is 0 Å². The molecule has 0 saturated heterocycles. The van der Waals surface area contributed by atoms with Gasteiger partial charge < -0.3 is 0 Å². The van der Waals surface area contributed by atoms with E-state index >= 15 is 0 Å². The minimum atomic E-state index is -3.11. The third kappa shape index (κ3) is 3.29. The van der Waals surface area contributed by atoms with Crippen LogP contribution < -0.4 is 4.72 Å². The average Bonchev–Trinajstić information content (AvgIpc) is 1.67. The Morgan fingerprint density at radius 3 is 2.38 bits per heavy atom. The largest absolute Gasteiger partial charge is 0.264 e. The highest BCUT2D eigenvalue weighted by molar-refractivity contribution is 8.71. The van der Waals surface area contributed by atoms with E-state index in [1.165, 1.54) is 0 Å². The summed E-state index contributed by atoms with van der Waals surface area (Å²) in [5, 5.41) is 0. The predicted molar refractivity (Wildman–Crippen MR) is 35.5 cm³/mol. The molecular formula is C3H8NO2S2. The van der Waals surface area contributed by atoms with E-state index in [1.807, 2.05) is 4.72 Å². The van der Waals surface area contributed by atoms with Crippen molar-refractivity contribution in [2.75, 3.05) is 5.75 Å². The van der Waals surface area contributed by atoms with Crippen LogP contribution in [0.1, 0.15) is 6.92 Å². The van der Waals surface area contributed by atoms with Crippen LogP contribution in [0.15, 0.2) is 0 Å². The Morgan fingerprint density at radius 2 is 2.25 bits per heavy atom. The summed E-state index contributed by atoms with van der Waals surface area (Å²) in [7, 11) is 0.735. The second-order valence-corrected chi connectivity index (χ2v) is 5.04. The van der Waals surface area contributed by atoms with Crippen LogP contribution in [0.3, 0.4) is 0 Å². The highest BCUT2D eigenvalue weighted by Gasteiger charge is 2.02. The quantitative estimate of drug-likeness (QED) is 0.597. The molecule has 0 aromatic carbocycles. The van der Waals surface area contributed by atoms with E-state index < -0.39 is 9.06 Å². The molecule has 0 aromatic heterocycles. The molecule has 1 radical (unpaired) electrons. The molecule has 0 unspecified atom stereocenters. The summed E-state index contributed by atoms with van der Waals surface area (Å²) in [6, 6.07) is 0. The smallest absolute Gasteiger partial charge is 0.205 e. The Morgan fingerprint density at radius 1 is 1.75 bits per heavy atom. The van der Waals surface area contributed by atoms with E-state index in [9.17, 15) is 8.42 Å². The maximum atomic E-state index is 10.4. The zero-order valence-electron chi connectivity index (χ0n) is 4.55. The lowest BCUT2D eigenvalue weighted by Crippen LogP contribution is -2.11. The van der Waals surface area contributed by atoms with Gasteiger partial charge in [-0.25, -0.2) is 13.1 Å². The lowest BCUT2D eigenvalue weighted by atomic mass is 11.0. The second kappa shape index (κ2) is 3.32. The van der Waals surface area contributed by atoms with E-state index in [2.05, 4.69) is 7.05 Å². The van der Waals surface area contributed by atoms with Crippen LogP contribution in [0, 0.1) is 7.05 Å². The monoisotopic (exact) mass is 154 g/mol. The van der Waals surface area contributed by atoms with Crippen molar-refractivity contribution < 1.29 is 8.42 Å². The van der Waals surface area contributed by atoms with Crippen LogP contribution in [-0.4, -0.2) is 14.2 Å². The van der Waals surface area contributed by atoms with Gasteiger partial charge in [-0.05, 0) is 10.8 Å². The molecule has 0 amide bonds. The van der Waals surface area contributed by atoms with Gasteiger partial charge in [0.1, 0.15) is 0 Å². The van der Waals surface area contributed by atoms with Gasteiger partial charge in [-0.1, -0.05) is 6.92 Å². The number of rotatable bonds is 3. The highest BCUT2D eigenvalue weighted by Crippen LogP contribution is 2.06. The van der Waals surface area contributed by atoms with Crippen molar-refractivity contribution in [1.82, 2.24) is 4.72 Å². The van der Waals surface area contributed by atoms with Crippen LogP contribution >= 0.6 is 10.8 Å². The van der Waals surface area contributed by atoms with Crippen LogP contribution in [-0.2, 0) is 9.06 Å². The minimum absolute atomic E-state index is 0.546. The normalized spacial score (nSPS) is 11.8. The Labute approximate surface area is 53.3 Å². The molecule has 0 spiro atoms. The molecule has 0 fully saturated rings. The van der Waals surface area contributed by atoms with Gasteiger partial charge in [0.25, 0.3) is 9.06 Å². The van der Waals surface area contributed by atoms with Crippen molar-refractivity contribution in [2.24, 2.45) is 0 Å². The van der Waals surface area contributed by atoms with Gasteiger partial charge in [0.15, 0.2) is 0 Å². The summed E-state index contributed by atoms with van der Waals surface area (Å²) < 4.78 is 22.7. The molecular weight excluding hydrogens is 146 g/mol. The first-order valence-electron chi connectivity index (χ1n) is 2.05. The fourth-order valence-corrected chi connectivity index (χ4v) is 1.77. The summed E-state index contributed by atoms with van der Waals surface area (Å²) in [5.41, 5.74) is 0. The molecule has 49 valence electrons. The van der Waals surface area contributed by atoms with Crippen molar-refractivity contribution in [3.05, 3.63) is 7.05 Å². The molecule has 0 aliphatic rings. The summed E-state index contributed by atoms with van der Waals surface area (Å²) >= 11 is 0. The summed E-state index contributed by atoms with van der Waals surface area (Å²) in [5.74, 6) is 0.546. The molecule has 0 aliphatic carbocycles. The number of nitrogens with one attached hydrogen (secondary N) is 1. The van der Waals surface area contributed by atoms with Crippen LogP contribution in [0.4, 0.5) is 0 Å². The molecule has 5 heteroatoms. The van der Waals surface area contributed by atoms with E-state index in [0.717, 1.165) is 10.8 Å². The van der Waals surface area contributed by atoms with Gasteiger partial charge in [0.2, 0.25) is 0 Å². The molecule has 0 bridgehead atoms. The van der Waals surface area contributed by atoms with Gasteiger partial charge in [-0.2, -0.15) is 0 Å². The van der Waals surface area contributed by atoms with Crippen molar-refractivity contribution in [1.29, 1.82) is 0 Å². The van der Waals surface area contributed by atoms with E-state index in [-0.39, 0.29) is 0 Å². The molecule has 3 nitrogen and oxygen atoms in total. The third-order valence-electron chi connectivity index (χ3n) is 0.450. The maximum absolute atomic E-state index is 10.4. The molecule has 0 atom stereocenters. The zero-order valence-corrected chi connectivity index (χ0v) is 6.18. The first-order chi connectivity index (χ1) is 3.62. The third-order valence-corrected chi connectivity index (χ3v) is 3.34. The average molecular weight is 154 g/mol. The Kier molecular flexibility index (Phi) is 3.43. The van der Waals surface area contributed by atoms with E-state index in [4.69, 9.17) is 0 Å². The SMILES string of the molecule is [CH2]NS(=O)(=O)SCC. The molecule has 0 aliphatic heterocycles. The lowest BCUT2D eigenvalue weighted by molar-refractivity contribution is 0.605. The van der Waals surface area contributed by atoms with Crippen molar-refractivity contribution in [3.8, 4) is 0 Å². The van der Waals surface area contributed by atoms with Gasteiger partial charge >= 0.3 is 0 Å². The standard InChI is InChI=1S/C3H8NO2S2/c1-3-7-8(5,6)4-2/h4H,2-3H2,1H3. The van der Waals surface area contributed by atoms with E-state index in [1.54, 1.807) is 6.92 Å². The number of hydrogen-bond acceptors (Lipinski definition) is 3. The molecule has 8 heavy (non-hydrogen) atoms. The number of hydrogen-bond donors (Lipinski definition) is 1. The van der Waals surface area contributed by atoms with Gasteiger partial charge in [-0.15, -0.1) is 0 Å². The van der Waals surface area contributed by atoms with Crippen LogP contribution in [0.5, 0.6) is 0 Å². The van der Waals surface area contributed by atoms with Crippen molar-refractivity contribution in [3.63, 3.8) is 0 Å². The van der Waals surface area contributed by atoms with Crippen LogP contribution in [0.25, 0.3) is 0 Å². The van der Waals surface area contributed by atoms with Crippen molar-refractivity contribution in [2.45, 2.75) is 6.92 Å². The Bertz CT molecular complexity index is 139. The first-order valence-corrected chi connectivity index (χ1v) is 5.04. The Hall–Kier alpha value is 0.260.